The summed E-state index contributed by atoms with van der Waals surface area (Å²) >= 11 is 0. The van der Waals surface area contributed by atoms with E-state index in [4.69, 9.17) is 5.53 Å². The van der Waals surface area contributed by atoms with Gasteiger partial charge in [0.05, 0.1) is 4.90 Å². The smallest absolute Gasteiger partial charge is 0.223 e. The molecule has 14 heteroatoms. The average Bonchev–Trinajstić information content (AvgIpc) is 2.78. The summed E-state index contributed by atoms with van der Waals surface area (Å²) in [6, 6.07) is 5.13. The van der Waals surface area contributed by atoms with Gasteiger partial charge in [0.25, 0.3) is 0 Å². The maximum atomic E-state index is 14.4. The van der Waals surface area contributed by atoms with Gasteiger partial charge in [-0.25, -0.2) is 17.2 Å². The minimum absolute atomic E-state index is 0.0460. The van der Waals surface area contributed by atoms with E-state index in [1.54, 1.807) is 0 Å². The third-order valence-electron chi connectivity index (χ3n) is 6.21. The van der Waals surface area contributed by atoms with Crippen molar-refractivity contribution in [3.63, 3.8) is 0 Å². The van der Waals surface area contributed by atoms with Crippen LogP contribution in [0.3, 0.4) is 0 Å². The highest BCUT2D eigenvalue weighted by atomic mass is 32.2. The molecule has 2 aromatic carbocycles. The predicted octanol–water partition coefficient (Wildman–Crippen LogP) is 7.04. The highest BCUT2D eigenvalue weighted by Crippen LogP contribution is 2.54. The number of azide groups is 1. The van der Waals surface area contributed by atoms with Crippen molar-refractivity contribution in [3.8, 4) is 0 Å². The number of sulfone groups is 1. The van der Waals surface area contributed by atoms with Crippen LogP contribution in [0.25, 0.3) is 10.4 Å². The summed E-state index contributed by atoms with van der Waals surface area (Å²) in [6.45, 7) is 0. The van der Waals surface area contributed by atoms with Gasteiger partial charge >= 0.3 is 18.0 Å². The molecule has 2 aromatic rings. The van der Waals surface area contributed by atoms with Gasteiger partial charge in [-0.2, -0.15) is 26.3 Å². The number of rotatable bonds is 5. The fourth-order valence-electron chi connectivity index (χ4n) is 4.30. The molecule has 190 valence electrons. The normalized spacial score (nSPS) is 21.9. The Morgan fingerprint density at radius 1 is 0.857 bits per heavy atom. The molecule has 0 saturated heterocycles. The lowest BCUT2D eigenvalue weighted by Crippen LogP contribution is -2.50. The molecule has 1 aliphatic rings. The highest BCUT2D eigenvalue weighted by Gasteiger charge is 2.73. The van der Waals surface area contributed by atoms with E-state index in [1.807, 2.05) is 0 Å². The van der Waals surface area contributed by atoms with Crippen LogP contribution in [0.15, 0.2) is 58.5 Å². The molecule has 1 aliphatic carbocycles. The molecule has 0 radical (unpaired) electrons. The Balaban J connectivity index is 2.15. The van der Waals surface area contributed by atoms with Gasteiger partial charge in [0.1, 0.15) is 10.6 Å². The van der Waals surface area contributed by atoms with Crippen molar-refractivity contribution < 1.29 is 43.5 Å². The van der Waals surface area contributed by atoms with E-state index >= 15 is 0 Å². The second kappa shape index (κ2) is 8.98. The molecule has 0 unspecified atom stereocenters. The Hall–Kier alpha value is -2.86. The van der Waals surface area contributed by atoms with Crippen LogP contribution >= 0.6 is 0 Å². The molecular weight excluding hydrogens is 510 g/mol. The Labute approximate surface area is 194 Å². The first-order chi connectivity index (χ1) is 16.1. The summed E-state index contributed by atoms with van der Waals surface area (Å²) in [5.74, 6) is -0.729. The number of hydrogen-bond donors (Lipinski definition) is 0. The molecule has 0 N–H and O–H groups in total. The van der Waals surface area contributed by atoms with Crippen molar-refractivity contribution in [3.05, 3.63) is 75.9 Å². The Bertz CT molecular complexity index is 1200. The Kier molecular flexibility index (Phi) is 6.86. The van der Waals surface area contributed by atoms with E-state index in [9.17, 15) is 43.5 Å². The summed E-state index contributed by atoms with van der Waals surface area (Å²) in [6.07, 6.45) is -12.9. The van der Waals surface area contributed by atoms with Crippen LogP contribution in [0.1, 0.15) is 36.8 Å². The maximum Gasteiger partial charge on any atom is 0.435 e. The first-order valence-corrected chi connectivity index (χ1v) is 11.6. The van der Waals surface area contributed by atoms with Gasteiger partial charge in [-0.1, -0.05) is 29.4 Å². The van der Waals surface area contributed by atoms with Crippen LogP contribution in [-0.2, 0) is 20.3 Å². The Morgan fingerprint density at radius 2 is 1.34 bits per heavy atom. The fraction of sp³-hybridized carbons (Fsp3) is 0.429. The molecule has 0 aliphatic heterocycles. The van der Waals surface area contributed by atoms with Crippen LogP contribution in [0.5, 0.6) is 0 Å². The van der Waals surface area contributed by atoms with Crippen LogP contribution in [-0.4, -0.2) is 26.8 Å². The molecule has 0 amide bonds. The van der Waals surface area contributed by atoms with Gasteiger partial charge in [-0.3, -0.25) is 0 Å². The van der Waals surface area contributed by atoms with E-state index in [1.165, 1.54) is 0 Å². The fourth-order valence-corrected chi connectivity index (χ4v) is 6.47. The molecule has 5 nitrogen and oxygen atoms in total. The predicted molar refractivity (Wildman–Crippen MR) is 108 cm³/mol. The summed E-state index contributed by atoms with van der Waals surface area (Å²) < 4.78 is 132. The number of alkyl halides is 7. The van der Waals surface area contributed by atoms with Crippen LogP contribution in [0.4, 0.5) is 35.1 Å². The number of halogens is 8. The van der Waals surface area contributed by atoms with Crippen molar-refractivity contribution >= 4 is 9.84 Å². The van der Waals surface area contributed by atoms with Crippen molar-refractivity contribution in [2.45, 2.75) is 59.4 Å². The monoisotopic (exact) mass is 527 g/mol. The first-order valence-electron chi connectivity index (χ1n) is 10.1. The maximum absolute atomic E-state index is 14.4. The number of benzene rings is 2. The number of hydrogen-bond acceptors (Lipinski definition) is 3. The minimum atomic E-state index is -6.32. The highest BCUT2D eigenvalue weighted by molar-refractivity contribution is 7.92. The second-order valence-electron chi connectivity index (χ2n) is 8.12. The molecule has 0 atom stereocenters. The molecule has 35 heavy (non-hydrogen) atoms. The van der Waals surface area contributed by atoms with Gasteiger partial charge in [0.15, 0.2) is 9.84 Å². The second-order valence-corrected chi connectivity index (χ2v) is 10.4. The summed E-state index contributed by atoms with van der Waals surface area (Å²) in [5, 5.41) is 3.55. The summed E-state index contributed by atoms with van der Waals surface area (Å²) in [5.41, 5.74) is 1.07. The Morgan fingerprint density at radius 3 is 1.77 bits per heavy atom. The topological polar surface area (TPSA) is 82.9 Å². The van der Waals surface area contributed by atoms with E-state index in [2.05, 4.69) is 10.0 Å². The molecule has 0 heterocycles. The third-order valence-corrected chi connectivity index (χ3v) is 8.77. The zero-order chi connectivity index (χ0) is 26.3. The largest absolute Gasteiger partial charge is 0.435 e. The number of nitrogens with zero attached hydrogens (tertiary/aromatic N) is 3. The third kappa shape index (κ3) is 4.44. The standard InChI is InChI=1S/C21H17F8N3O2S/c22-15-5-7-17(8-6-15)35(33,34)18(11-9-16(10-12-18)31-32-30)13-1-3-14(4-2-13)19(23,20(24,25)26)21(27,28)29/h1-8,16H,9-12H2/t16-,18-. The van der Waals surface area contributed by atoms with E-state index < -0.39 is 50.0 Å². The molecule has 1 saturated carbocycles. The minimum Gasteiger partial charge on any atom is -0.223 e. The van der Waals surface area contributed by atoms with Crippen LogP contribution in [0.2, 0.25) is 0 Å². The van der Waals surface area contributed by atoms with Gasteiger partial charge in [0, 0.05) is 16.5 Å². The molecule has 3 rings (SSSR count). The van der Waals surface area contributed by atoms with E-state index in [-0.39, 0.29) is 48.3 Å². The molecule has 0 bridgehead atoms. The van der Waals surface area contributed by atoms with Crippen molar-refractivity contribution in [1.82, 2.24) is 0 Å². The van der Waals surface area contributed by atoms with E-state index in [0.717, 1.165) is 36.4 Å². The van der Waals surface area contributed by atoms with Crippen molar-refractivity contribution in [1.29, 1.82) is 0 Å². The zero-order valence-electron chi connectivity index (χ0n) is 17.6. The van der Waals surface area contributed by atoms with E-state index in [0.29, 0.717) is 0 Å². The molecule has 0 spiro atoms. The zero-order valence-corrected chi connectivity index (χ0v) is 18.4. The van der Waals surface area contributed by atoms with Crippen molar-refractivity contribution in [2.24, 2.45) is 5.11 Å². The summed E-state index contributed by atoms with van der Waals surface area (Å²) in [7, 11) is -4.38. The SMILES string of the molecule is [N-]=[N+]=N[C@H]1CC[C@](c2ccc(C(F)(C(F)(F)F)C(F)(F)F)cc2)(S(=O)(=O)c2ccc(F)cc2)CC1. The summed E-state index contributed by atoms with van der Waals surface area (Å²) in [4.78, 5) is 2.35. The van der Waals surface area contributed by atoms with Crippen molar-refractivity contribution in [2.75, 3.05) is 0 Å². The van der Waals surface area contributed by atoms with Gasteiger partial charge in [-0.15, -0.1) is 0 Å². The van der Waals surface area contributed by atoms with Gasteiger partial charge in [0.2, 0.25) is 0 Å². The first kappa shape index (κ1) is 26.7. The molecule has 0 aromatic heterocycles. The van der Waals surface area contributed by atoms with Gasteiger partial charge < -0.3 is 0 Å². The molecule has 1 fully saturated rings. The lowest BCUT2D eigenvalue weighted by Gasteiger charge is -2.39. The molecular formula is C21H17F8N3O2S. The van der Waals surface area contributed by atoms with Crippen LogP contribution in [0, 0.1) is 5.82 Å². The quantitative estimate of drug-likeness (QED) is 0.137. The van der Waals surface area contributed by atoms with Crippen LogP contribution < -0.4 is 0 Å². The lowest BCUT2D eigenvalue weighted by atomic mass is 9.80. The lowest BCUT2D eigenvalue weighted by molar-refractivity contribution is -0.348. The average molecular weight is 527 g/mol. The van der Waals surface area contributed by atoms with Gasteiger partial charge in [-0.05, 0) is 61.0 Å².